The van der Waals surface area contributed by atoms with Gasteiger partial charge in [-0.25, -0.2) is 5.48 Å². The molecule has 1 fully saturated rings. The Bertz CT molecular complexity index is 173. The molecule has 11 heavy (non-hydrogen) atoms. The Kier molecular flexibility index (Phi) is 2.65. The number of carbonyl (C=O) groups is 1. The van der Waals surface area contributed by atoms with E-state index in [1.807, 2.05) is 6.92 Å². The Morgan fingerprint density at radius 3 is 2.82 bits per heavy atom. The third-order valence-electron chi connectivity index (χ3n) is 1.44. The van der Waals surface area contributed by atoms with Gasteiger partial charge in [0.05, 0.1) is 6.61 Å². The molecule has 0 spiro atoms. The highest BCUT2D eigenvalue weighted by molar-refractivity contribution is 5.79. The molecule has 1 N–H and O–H groups in total. The Morgan fingerprint density at radius 2 is 2.36 bits per heavy atom. The maximum absolute atomic E-state index is 10.9. The van der Waals surface area contributed by atoms with Crippen LogP contribution in [0.25, 0.3) is 0 Å². The lowest BCUT2D eigenvalue weighted by atomic mass is 10.4. The predicted molar refractivity (Wildman–Crippen MR) is 41.6 cm³/mol. The summed E-state index contributed by atoms with van der Waals surface area (Å²) in [4.78, 5) is 15.8. The minimum absolute atomic E-state index is 0.00579. The van der Waals surface area contributed by atoms with Crippen LogP contribution in [-0.4, -0.2) is 12.5 Å². The lowest BCUT2D eigenvalue weighted by Gasteiger charge is -2.03. The van der Waals surface area contributed by atoms with Gasteiger partial charge in [-0.05, 0) is 19.8 Å². The van der Waals surface area contributed by atoms with Crippen LogP contribution in [0, 0.1) is 5.92 Å². The van der Waals surface area contributed by atoms with E-state index in [-0.39, 0.29) is 11.8 Å². The molecule has 0 aliphatic heterocycles. The first-order valence-electron chi connectivity index (χ1n) is 3.76. The Morgan fingerprint density at radius 1 is 1.73 bits per heavy atom. The predicted octanol–water partition coefficient (Wildman–Crippen LogP) is 1.02. The fraction of sp³-hybridized carbons (Fsp3) is 0.625. The maximum atomic E-state index is 10.9. The summed E-state index contributed by atoms with van der Waals surface area (Å²) in [5, 5.41) is 0. The molecular formula is C8H13NO2. The van der Waals surface area contributed by atoms with Gasteiger partial charge < -0.3 is 0 Å². The third kappa shape index (κ3) is 3.18. The molecule has 0 unspecified atom stereocenters. The number of hydrogen-bond donors (Lipinski definition) is 1. The molecule has 0 heterocycles. The molecule has 1 aliphatic rings. The van der Waals surface area contributed by atoms with E-state index in [4.69, 9.17) is 4.84 Å². The van der Waals surface area contributed by atoms with Crippen molar-refractivity contribution < 1.29 is 9.63 Å². The quantitative estimate of drug-likeness (QED) is 0.486. The van der Waals surface area contributed by atoms with Crippen LogP contribution in [0.5, 0.6) is 0 Å². The van der Waals surface area contributed by atoms with Crippen LogP contribution < -0.4 is 5.48 Å². The molecule has 1 rings (SSSR count). The minimum atomic E-state index is 0.00579. The standard InChI is InChI=1S/C8H13NO2/c1-6(2)5-11-9-8(10)7-3-4-7/h7H,1,3-5H2,2H3,(H,9,10). The van der Waals surface area contributed by atoms with Gasteiger partial charge in [-0.3, -0.25) is 9.63 Å². The lowest BCUT2D eigenvalue weighted by molar-refractivity contribution is -0.134. The first-order chi connectivity index (χ1) is 5.20. The van der Waals surface area contributed by atoms with Gasteiger partial charge in [0.15, 0.2) is 0 Å². The van der Waals surface area contributed by atoms with Gasteiger partial charge in [0.25, 0.3) is 0 Å². The molecule has 1 saturated carbocycles. The van der Waals surface area contributed by atoms with Crippen molar-refractivity contribution in [3.63, 3.8) is 0 Å². The van der Waals surface area contributed by atoms with Crippen LogP contribution in [0.1, 0.15) is 19.8 Å². The summed E-state index contributed by atoms with van der Waals surface area (Å²) in [5.41, 5.74) is 3.28. The van der Waals surface area contributed by atoms with Crippen molar-refractivity contribution in [2.75, 3.05) is 6.61 Å². The molecular weight excluding hydrogens is 142 g/mol. The Hall–Kier alpha value is -0.830. The summed E-state index contributed by atoms with van der Waals surface area (Å²) in [6.07, 6.45) is 2.00. The monoisotopic (exact) mass is 155 g/mol. The molecule has 0 radical (unpaired) electrons. The summed E-state index contributed by atoms with van der Waals surface area (Å²) in [7, 11) is 0. The second-order valence-corrected chi connectivity index (χ2v) is 2.99. The summed E-state index contributed by atoms with van der Waals surface area (Å²) >= 11 is 0. The summed E-state index contributed by atoms with van der Waals surface area (Å²) in [6, 6.07) is 0. The number of nitrogens with one attached hydrogen (secondary N) is 1. The third-order valence-corrected chi connectivity index (χ3v) is 1.44. The molecule has 0 atom stereocenters. The first-order valence-corrected chi connectivity index (χ1v) is 3.76. The van der Waals surface area contributed by atoms with Crippen molar-refractivity contribution in [3.8, 4) is 0 Å². The average Bonchev–Trinajstić information content (AvgIpc) is 2.66. The van der Waals surface area contributed by atoms with Crippen LogP contribution in [0.4, 0.5) is 0 Å². The fourth-order valence-corrected chi connectivity index (χ4v) is 0.659. The zero-order valence-electron chi connectivity index (χ0n) is 6.72. The molecule has 0 aromatic carbocycles. The summed E-state index contributed by atoms with van der Waals surface area (Å²) < 4.78 is 0. The van der Waals surface area contributed by atoms with E-state index < -0.39 is 0 Å². The van der Waals surface area contributed by atoms with Gasteiger partial charge in [0.2, 0.25) is 5.91 Å². The van der Waals surface area contributed by atoms with Gasteiger partial charge in [-0.2, -0.15) is 0 Å². The molecule has 3 nitrogen and oxygen atoms in total. The van der Waals surface area contributed by atoms with Crippen molar-refractivity contribution in [3.05, 3.63) is 12.2 Å². The second-order valence-electron chi connectivity index (χ2n) is 2.99. The van der Waals surface area contributed by atoms with E-state index in [1.165, 1.54) is 0 Å². The van der Waals surface area contributed by atoms with Crippen molar-refractivity contribution in [2.45, 2.75) is 19.8 Å². The van der Waals surface area contributed by atoms with Gasteiger partial charge in [0.1, 0.15) is 0 Å². The van der Waals surface area contributed by atoms with Crippen LogP contribution in [0.3, 0.4) is 0 Å². The molecule has 1 amide bonds. The molecule has 0 aromatic rings. The van der Waals surface area contributed by atoms with E-state index in [9.17, 15) is 4.79 Å². The van der Waals surface area contributed by atoms with Crippen LogP contribution in [0.15, 0.2) is 12.2 Å². The highest BCUT2D eigenvalue weighted by Crippen LogP contribution is 2.28. The average molecular weight is 155 g/mol. The van der Waals surface area contributed by atoms with Gasteiger partial charge in [0, 0.05) is 5.92 Å². The van der Waals surface area contributed by atoms with Crippen LogP contribution >= 0.6 is 0 Å². The van der Waals surface area contributed by atoms with E-state index in [0.29, 0.717) is 6.61 Å². The zero-order chi connectivity index (χ0) is 8.27. The number of hydroxylamine groups is 1. The zero-order valence-corrected chi connectivity index (χ0v) is 6.72. The van der Waals surface area contributed by atoms with Crippen molar-refractivity contribution in [1.29, 1.82) is 0 Å². The van der Waals surface area contributed by atoms with E-state index >= 15 is 0 Å². The number of carbonyl (C=O) groups excluding carboxylic acids is 1. The topological polar surface area (TPSA) is 38.3 Å². The highest BCUT2D eigenvalue weighted by atomic mass is 16.6. The smallest absolute Gasteiger partial charge is 0.246 e. The highest BCUT2D eigenvalue weighted by Gasteiger charge is 2.29. The number of hydrogen-bond acceptors (Lipinski definition) is 2. The summed E-state index contributed by atoms with van der Waals surface area (Å²) in [6.45, 7) is 5.89. The molecule has 0 bridgehead atoms. The Labute approximate surface area is 66.4 Å². The van der Waals surface area contributed by atoms with Crippen molar-refractivity contribution >= 4 is 5.91 Å². The van der Waals surface area contributed by atoms with E-state index in [0.717, 1.165) is 18.4 Å². The Balaban J connectivity index is 2.02. The normalized spacial score (nSPS) is 16.1. The van der Waals surface area contributed by atoms with Crippen molar-refractivity contribution in [1.82, 2.24) is 5.48 Å². The van der Waals surface area contributed by atoms with Crippen LogP contribution in [0.2, 0.25) is 0 Å². The largest absolute Gasteiger partial charge is 0.273 e. The maximum Gasteiger partial charge on any atom is 0.246 e. The van der Waals surface area contributed by atoms with E-state index in [1.54, 1.807) is 0 Å². The summed E-state index contributed by atoms with van der Waals surface area (Å²) in [5.74, 6) is 0.214. The minimum Gasteiger partial charge on any atom is -0.273 e. The lowest BCUT2D eigenvalue weighted by Crippen LogP contribution is -2.25. The van der Waals surface area contributed by atoms with Gasteiger partial charge >= 0.3 is 0 Å². The molecule has 3 heteroatoms. The van der Waals surface area contributed by atoms with Gasteiger partial charge in [-0.1, -0.05) is 12.2 Å². The number of amides is 1. The van der Waals surface area contributed by atoms with Crippen LogP contribution in [-0.2, 0) is 9.63 Å². The molecule has 62 valence electrons. The fourth-order valence-electron chi connectivity index (χ4n) is 0.659. The first kappa shape index (κ1) is 8.27. The van der Waals surface area contributed by atoms with Crippen molar-refractivity contribution in [2.24, 2.45) is 5.92 Å². The van der Waals surface area contributed by atoms with Gasteiger partial charge in [-0.15, -0.1) is 0 Å². The SMILES string of the molecule is C=C(C)CONC(=O)C1CC1. The molecule has 0 aromatic heterocycles. The second kappa shape index (κ2) is 3.53. The number of rotatable bonds is 4. The van der Waals surface area contributed by atoms with E-state index in [2.05, 4.69) is 12.1 Å². The molecule has 1 aliphatic carbocycles. The molecule has 0 saturated heterocycles.